The van der Waals surface area contributed by atoms with Crippen molar-refractivity contribution in [3.63, 3.8) is 0 Å². The maximum Gasteiger partial charge on any atom is 0.261 e. The zero-order valence-electron chi connectivity index (χ0n) is 4.55. The minimum absolute atomic E-state index is 1.11. The van der Waals surface area contributed by atoms with Crippen molar-refractivity contribution < 1.29 is 13.5 Å². The molecule has 1 N–H and O–H groups in total. The molecule has 3 nitrogen and oxygen atoms in total. The Balaban J connectivity index is 4.53. The van der Waals surface area contributed by atoms with Gasteiger partial charge in [-0.1, -0.05) is 0 Å². The fourth-order valence-corrected chi connectivity index (χ4v) is 0. The van der Waals surface area contributed by atoms with Crippen LogP contribution in [0.4, 0.5) is 0 Å². The van der Waals surface area contributed by atoms with Crippen molar-refractivity contribution in [2.45, 2.75) is 18.8 Å². The van der Waals surface area contributed by atoms with Gasteiger partial charge in [0.15, 0.2) is 4.93 Å². The number of halogens is 1. The van der Waals surface area contributed by atoms with E-state index in [1.165, 1.54) is 0 Å². The SMILES string of the molecule is CC(C)(O)S(=O)(=O)Cl. The van der Waals surface area contributed by atoms with Crippen LogP contribution in [0.1, 0.15) is 13.8 Å². The van der Waals surface area contributed by atoms with Crippen LogP contribution in [0, 0.1) is 0 Å². The lowest BCUT2D eigenvalue weighted by Crippen LogP contribution is -2.26. The van der Waals surface area contributed by atoms with Crippen LogP contribution < -0.4 is 0 Å². The molecule has 0 aromatic carbocycles. The van der Waals surface area contributed by atoms with E-state index in [2.05, 4.69) is 0 Å². The quantitative estimate of drug-likeness (QED) is 0.558. The standard InChI is InChI=1S/C3H7ClO3S/c1-3(2,5)8(4,6)7/h5H,1-2H3. The van der Waals surface area contributed by atoms with E-state index >= 15 is 0 Å². The molecule has 0 saturated carbocycles. The molecule has 5 heteroatoms. The van der Waals surface area contributed by atoms with Crippen LogP contribution in [-0.2, 0) is 9.05 Å². The summed E-state index contributed by atoms with van der Waals surface area (Å²) in [5, 5.41) is 8.63. The maximum absolute atomic E-state index is 10.2. The molecule has 0 heterocycles. The van der Waals surface area contributed by atoms with Crippen molar-refractivity contribution in [1.29, 1.82) is 0 Å². The predicted molar refractivity (Wildman–Crippen MR) is 31.1 cm³/mol. The van der Waals surface area contributed by atoms with E-state index in [9.17, 15) is 8.42 Å². The van der Waals surface area contributed by atoms with Crippen LogP contribution in [-0.4, -0.2) is 18.5 Å². The molecule has 50 valence electrons. The monoisotopic (exact) mass is 158 g/mol. The molecule has 0 atom stereocenters. The average molecular weight is 159 g/mol. The van der Waals surface area contributed by atoms with E-state index in [0.29, 0.717) is 0 Å². The number of hydrogen-bond acceptors (Lipinski definition) is 3. The summed E-state index contributed by atoms with van der Waals surface area (Å²) in [6, 6.07) is 0. The Hall–Kier alpha value is 0.200. The molecule has 0 aromatic heterocycles. The summed E-state index contributed by atoms with van der Waals surface area (Å²) >= 11 is 0. The van der Waals surface area contributed by atoms with Crippen LogP contribution in [0.15, 0.2) is 0 Å². The Bertz CT molecular complexity index is 163. The highest BCUT2D eigenvalue weighted by molar-refractivity contribution is 8.14. The minimum Gasteiger partial charge on any atom is -0.374 e. The van der Waals surface area contributed by atoms with Crippen LogP contribution >= 0.6 is 10.7 Å². The zero-order valence-corrected chi connectivity index (χ0v) is 6.12. The molecule has 8 heavy (non-hydrogen) atoms. The fourth-order valence-electron chi connectivity index (χ4n) is 0. The van der Waals surface area contributed by atoms with Crippen molar-refractivity contribution >= 4 is 19.7 Å². The summed E-state index contributed by atoms with van der Waals surface area (Å²) in [5.74, 6) is 0. The van der Waals surface area contributed by atoms with Crippen LogP contribution in [0.3, 0.4) is 0 Å². The summed E-state index contributed by atoms with van der Waals surface area (Å²) in [6.45, 7) is 2.21. The van der Waals surface area contributed by atoms with Gasteiger partial charge in [-0.05, 0) is 13.8 Å². The van der Waals surface area contributed by atoms with E-state index in [0.717, 1.165) is 13.8 Å². The Morgan fingerprint density at radius 1 is 1.50 bits per heavy atom. The Labute approximate surface area is 52.7 Å². The first kappa shape index (κ1) is 8.20. The van der Waals surface area contributed by atoms with E-state index in [4.69, 9.17) is 15.8 Å². The minimum atomic E-state index is -3.81. The van der Waals surface area contributed by atoms with E-state index in [-0.39, 0.29) is 0 Å². The van der Waals surface area contributed by atoms with Gasteiger partial charge in [-0.25, -0.2) is 8.42 Å². The molecule has 0 radical (unpaired) electrons. The molecule has 0 aliphatic heterocycles. The molecule has 0 aromatic rings. The van der Waals surface area contributed by atoms with Gasteiger partial charge >= 0.3 is 0 Å². The van der Waals surface area contributed by atoms with Gasteiger partial charge in [0, 0.05) is 10.7 Å². The molecule has 0 amide bonds. The van der Waals surface area contributed by atoms with Gasteiger partial charge in [-0.2, -0.15) is 0 Å². The normalized spacial score (nSPS) is 14.0. The topological polar surface area (TPSA) is 54.4 Å². The fraction of sp³-hybridized carbons (Fsp3) is 1.00. The van der Waals surface area contributed by atoms with Crippen LogP contribution in [0.25, 0.3) is 0 Å². The molecule has 0 fully saturated rings. The lowest BCUT2D eigenvalue weighted by molar-refractivity contribution is 0.168. The van der Waals surface area contributed by atoms with Crippen molar-refractivity contribution in [1.82, 2.24) is 0 Å². The van der Waals surface area contributed by atoms with Crippen molar-refractivity contribution in [2.75, 3.05) is 0 Å². The van der Waals surface area contributed by atoms with E-state index < -0.39 is 14.0 Å². The number of hydrogen-bond donors (Lipinski definition) is 1. The summed E-state index contributed by atoms with van der Waals surface area (Å²) in [4.78, 5) is -1.82. The van der Waals surface area contributed by atoms with Gasteiger partial charge in [0.25, 0.3) is 9.05 Å². The molecular weight excluding hydrogens is 152 g/mol. The Kier molecular flexibility index (Phi) is 1.91. The van der Waals surface area contributed by atoms with Crippen LogP contribution in [0.5, 0.6) is 0 Å². The Morgan fingerprint density at radius 3 is 1.62 bits per heavy atom. The molecule has 0 aliphatic carbocycles. The number of rotatable bonds is 1. The first-order valence-electron chi connectivity index (χ1n) is 1.92. The van der Waals surface area contributed by atoms with Gasteiger partial charge in [0.1, 0.15) is 0 Å². The highest BCUT2D eigenvalue weighted by Crippen LogP contribution is 2.15. The third-order valence-corrected chi connectivity index (χ3v) is 2.92. The zero-order chi connectivity index (χ0) is 7.00. The van der Waals surface area contributed by atoms with Gasteiger partial charge in [-0.15, -0.1) is 0 Å². The second kappa shape index (κ2) is 1.86. The highest BCUT2D eigenvalue weighted by atomic mass is 35.7. The van der Waals surface area contributed by atoms with Crippen LogP contribution in [0.2, 0.25) is 0 Å². The Morgan fingerprint density at radius 2 is 1.62 bits per heavy atom. The third kappa shape index (κ3) is 1.98. The van der Waals surface area contributed by atoms with Gasteiger partial charge in [0.05, 0.1) is 0 Å². The molecular formula is C3H7ClO3S. The molecule has 0 aliphatic rings. The van der Waals surface area contributed by atoms with Crippen molar-refractivity contribution in [3.05, 3.63) is 0 Å². The molecule has 0 rings (SSSR count). The first-order chi connectivity index (χ1) is 3.25. The third-order valence-electron chi connectivity index (χ3n) is 0.597. The van der Waals surface area contributed by atoms with Gasteiger partial charge < -0.3 is 5.11 Å². The molecule has 0 bridgehead atoms. The summed E-state index contributed by atoms with van der Waals surface area (Å²) < 4.78 is 20.3. The second-order valence-corrected chi connectivity index (χ2v) is 4.98. The van der Waals surface area contributed by atoms with Crippen molar-refractivity contribution in [3.8, 4) is 0 Å². The first-order valence-corrected chi connectivity index (χ1v) is 4.22. The molecule has 0 unspecified atom stereocenters. The lowest BCUT2D eigenvalue weighted by atomic mass is 10.5. The van der Waals surface area contributed by atoms with Gasteiger partial charge in [-0.3, -0.25) is 0 Å². The summed E-state index contributed by atoms with van der Waals surface area (Å²) in [6.07, 6.45) is 0. The number of aliphatic hydroxyl groups is 1. The lowest BCUT2D eigenvalue weighted by Gasteiger charge is -2.10. The molecule has 0 spiro atoms. The maximum atomic E-state index is 10.2. The smallest absolute Gasteiger partial charge is 0.261 e. The average Bonchev–Trinajstić information content (AvgIpc) is 1.25. The summed E-state index contributed by atoms with van der Waals surface area (Å²) in [7, 11) is 0.919. The highest BCUT2D eigenvalue weighted by Gasteiger charge is 2.28. The largest absolute Gasteiger partial charge is 0.374 e. The van der Waals surface area contributed by atoms with Gasteiger partial charge in [0.2, 0.25) is 0 Å². The van der Waals surface area contributed by atoms with Crippen molar-refractivity contribution in [2.24, 2.45) is 0 Å². The summed E-state index contributed by atoms with van der Waals surface area (Å²) in [5.41, 5.74) is 0. The van der Waals surface area contributed by atoms with E-state index in [1.807, 2.05) is 0 Å². The molecule has 0 saturated heterocycles. The van der Waals surface area contributed by atoms with E-state index in [1.54, 1.807) is 0 Å². The second-order valence-electron chi connectivity index (χ2n) is 1.88. The predicted octanol–water partition coefficient (Wildman–Crippen LogP) is 0.283.